The van der Waals surface area contributed by atoms with Gasteiger partial charge in [0.25, 0.3) is 0 Å². The molecule has 0 radical (unpaired) electrons. The summed E-state index contributed by atoms with van der Waals surface area (Å²) in [6.07, 6.45) is 3.91. The predicted octanol–water partition coefficient (Wildman–Crippen LogP) is 2.22. The highest BCUT2D eigenvalue weighted by atomic mass is 16.5. The van der Waals surface area contributed by atoms with E-state index in [0.29, 0.717) is 36.7 Å². The number of benzene rings is 1. The molecule has 0 fully saturated rings. The van der Waals surface area contributed by atoms with Gasteiger partial charge in [-0.05, 0) is 23.8 Å². The summed E-state index contributed by atoms with van der Waals surface area (Å²) >= 11 is 0. The number of hydrogen-bond donors (Lipinski definition) is 2. The number of ether oxygens (including phenoxy) is 2. The number of pyridine rings is 1. The molecule has 0 aliphatic carbocycles. The molecule has 0 saturated heterocycles. The van der Waals surface area contributed by atoms with Gasteiger partial charge < -0.3 is 20.1 Å². The first kappa shape index (κ1) is 16.8. The summed E-state index contributed by atoms with van der Waals surface area (Å²) in [5.41, 5.74) is 1.72. The highest BCUT2D eigenvalue weighted by molar-refractivity contribution is 5.92. The van der Waals surface area contributed by atoms with Crippen molar-refractivity contribution < 1.29 is 14.3 Å². The third-order valence-corrected chi connectivity index (χ3v) is 3.26. The van der Waals surface area contributed by atoms with Crippen LogP contribution in [0.25, 0.3) is 0 Å². The molecular formula is C17H21N3O3. The van der Waals surface area contributed by atoms with E-state index in [9.17, 15) is 4.79 Å². The maximum absolute atomic E-state index is 12.0. The summed E-state index contributed by atoms with van der Waals surface area (Å²) < 4.78 is 10.4. The van der Waals surface area contributed by atoms with Gasteiger partial charge in [-0.25, -0.2) is 0 Å². The van der Waals surface area contributed by atoms with Crippen molar-refractivity contribution in [2.75, 3.05) is 26.1 Å². The first-order valence-corrected chi connectivity index (χ1v) is 7.34. The molecule has 2 aromatic rings. The Bertz CT molecular complexity index is 632. The molecule has 0 saturated carbocycles. The standard InChI is InChI=1S/C17H21N3O3/c1-22-14-5-6-15(16(10-14)23-2)20-17(21)7-9-19-12-13-4-3-8-18-11-13/h3-6,8,10-11,19H,7,9,12H2,1-2H3,(H,20,21). The second-order valence-electron chi connectivity index (χ2n) is 4.90. The second kappa shape index (κ2) is 8.75. The van der Waals surface area contributed by atoms with Crippen molar-refractivity contribution >= 4 is 11.6 Å². The van der Waals surface area contributed by atoms with E-state index in [2.05, 4.69) is 15.6 Å². The van der Waals surface area contributed by atoms with E-state index in [4.69, 9.17) is 9.47 Å². The number of carbonyl (C=O) groups excluding carboxylic acids is 1. The minimum Gasteiger partial charge on any atom is -0.497 e. The minimum atomic E-state index is -0.0767. The molecule has 0 spiro atoms. The van der Waals surface area contributed by atoms with Crippen LogP contribution >= 0.6 is 0 Å². The number of methoxy groups -OCH3 is 2. The summed E-state index contributed by atoms with van der Waals surface area (Å²) in [6, 6.07) is 9.15. The van der Waals surface area contributed by atoms with Crippen molar-refractivity contribution in [3.63, 3.8) is 0 Å². The molecule has 122 valence electrons. The number of nitrogens with zero attached hydrogens (tertiary/aromatic N) is 1. The Kier molecular flexibility index (Phi) is 6.38. The first-order chi connectivity index (χ1) is 11.2. The van der Waals surface area contributed by atoms with Crippen LogP contribution in [0.15, 0.2) is 42.7 Å². The predicted molar refractivity (Wildman–Crippen MR) is 88.7 cm³/mol. The zero-order chi connectivity index (χ0) is 16.5. The topological polar surface area (TPSA) is 72.5 Å². The lowest BCUT2D eigenvalue weighted by Crippen LogP contribution is -2.21. The molecule has 0 aliphatic rings. The van der Waals surface area contributed by atoms with E-state index in [-0.39, 0.29) is 5.91 Å². The van der Waals surface area contributed by atoms with Crippen LogP contribution in [0.4, 0.5) is 5.69 Å². The fourth-order valence-electron chi connectivity index (χ4n) is 2.05. The Morgan fingerprint density at radius 3 is 2.78 bits per heavy atom. The number of amides is 1. The summed E-state index contributed by atoms with van der Waals surface area (Å²) in [6.45, 7) is 1.27. The highest BCUT2D eigenvalue weighted by Gasteiger charge is 2.08. The van der Waals surface area contributed by atoms with Crippen LogP contribution in [-0.2, 0) is 11.3 Å². The molecule has 1 aromatic heterocycles. The lowest BCUT2D eigenvalue weighted by molar-refractivity contribution is -0.116. The Morgan fingerprint density at radius 2 is 2.09 bits per heavy atom. The normalized spacial score (nSPS) is 10.2. The van der Waals surface area contributed by atoms with Crippen LogP contribution in [0, 0.1) is 0 Å². The molecule has 0 atom stereocenters. The van der Waals surface area contributed by atoms with Crippen molar-refractivity contribution in [3.8, 4) is 11.5 Å². The summed E-state index contributed by atoms with van der Waals surface area (Å²) in [7, 11) is 3.14. The van der Waals surface area contributed by atoms with Gasteiger partial charge in [0, 0.05) is 38.0 Å². The van der Waals surface area contributed by atoms with Crippen molar-refractivity contribution in [1.82, 2.24) is 10.3 Å². The Balaban J connectivity index is 1.78. The van der Waals surface area contributed by atoms with Crippen LogP contribution < -0.4 is 20.1 Å². The lowest BCUT2D eigenvalue weighted by atomic mass is 10.2. The number of nitrogens with one attached hydrogen (secondary N) is 2. The van der Waals surface area contributed by atoms with Gasteiger partial charge in [-0.2, -0.15) is 0 Å². The molecule has 1 heterocycles. The molecule has 0 bridgehead atoms. The molecule has 1 aromatic carbocycles. The Morgan fingerprint density at radius 1 is 1.22 bits per heavy atom. The fraction of sp³-hybridized carbons (Fsp3) is 0.294. The van der Waals surface area contributed by atoms with E-state index >= 15 is 0 Å². The van der Waals surface area contributed by atoms with Crippen LogP contribution in [0.2, 0.25) is 0 Å². The summed E-state index contributed by atoms with van der Waals surface area (Å²) in [5, 5.41) is 6.05. The molecule has 23 heavy (non-hydrogen) atoms. The monoisotopic (exact) mass is 315 g/mol. The Hall–Kier alpha value is -2.60. The first-order valence-electron chi connectivity index (χ1n) is 7.34. The van der Waals surface area contributed by atoms with Crippen LogP contribution in [0.1, 0.15) is 12.0 Å². The second-order valence-corrected chi connectivity index (χ2v) is 4.90. The van der Waals surface area contributed by atoms with Gasteiger partial charge in [0.1, 0.15) is 11.5 Å². The van der Waals surface area contributed by atoms with Crippen LogP contribution in [0.3, 0.4) is 0 Å². The van der Waals surface area contributed by atoms with Crippen LogP contribution in [0.5, 0.6) is 11.5 Å². The van der Waals surface area contributed by atoms with Gasteiger partial charge in [-0.1, -0.05) is 6.07 Å². The summed E-state index contributed by atoms with van der Waals surface area (Å²) in [4.78, 5) is 16.0. The number of carbonyl (C=O) groups is 1. The smallest absolute Gasteiger partial charge is 0.225 e. The molecule has 6 heteroatoms. The summed E-state index contributed by atoms with van der Waals surface area (Å²) in [5.74, 6) is 1.17. The van der Waals surface area contributed by atoms with Gasteiger partial charge in [0.2, 0.25) is 5.91 Å². The van der Waals surface area contributed by atoms with E-state index < -0.39 is 0 Å². The van der Waals surface area contributed by atoms with Gasteiger partial charge in [-0.15, -0.1) is 0 Å². The molecule has 2 rings (SSSR count). The highest BCUT2D eigenvalue weighted by Crippen LogP contribution is 2.28. The molecule has 2 N–H and O–H groups in total. The van der Waals surface area contributed by atoms with Gasteiger partial charge in [0.05, 0.1) is 19.9 Å². The maximum atomic E-state index is 12.0. The SMILES string of the molecule is COc1ccc(NC(=O)CCNCc2cccnc2)c(OC)c1. The molecule has 0 aliphatic heterocycles. The quantitative estimate of drug-likeness (QED) is 0.731. The van der Waals surface area contributed by atoms with Gasteiger partial charge in [0.15, 0.2) is 0 Å². The average Bonchev–Trinajstić information content (AvgIpc) is 2.60. The minimum absolute atomic E-state index is 0.0767. The number of rotatable bonds is 8. The molecule has 0 unspecified atom stereocenters. The van der Waals surface area contributed by atoms with Crippen molar-refractivity contribution in [1.29, 1.82) is 0 Å². The molecule has 1 amide bonds. The fourth-order valence-corrected chi connectivity index (χ4v) is 2.05. The van der Waals surface area contributed by atoms with Gasteiger partial charge in [-0.3, -0.25) is 9.78 Å². The van der Waals surface area contributed by atoms with E-state index in [1.807, 2.05) is 12.1 Å². The van der Waals surface area contributed by atoms with E-state index in [1.165, 1.54) is 0 Å². The van der Waals surface area contributed by atoms with E-state index in [1.54, 1.807) is 44.8 Å². The van der Waals surface area contributed by atoms with Crippen LogP contribution in [-0.4, -0.2) is 31.7 Å². The van der Waals surface area contributed by atoms with Crippen molar-refractivity contribution in [3.05, 3.63) is 48.3 Å². The van der Waals surface area contributed by atoms with E-state index in [0.717, 1.165) is 5.56 Å². The lowest BCUT2D eigenvalue weighted by Gasteiger charge is -2.11. The van der Waals surface area contributed by atoms with Gasteiger partial charge >= 0.3 is 0 Å². The molecule has 6 nitrogen and oxygen atoms in total. The third kappa shape index (κ3) is 5.27. The zero-order valence-electron chi connectivity index (χ0n) is 13.3. The number of aromatic nitrogens is 1. The maximum Gasteiger partial charge on any atom is 0.225 e. The van der Waals surface area contributed by atoms with Crippen molar-refractivity contribution in [2.24, 2.45) is 0 Å². The third-order valence-electron chi connectivity index (χ3n) is 3.26. The Labute approximate surface area is 135 Å². The number of hydrogen-bond acceptors (Lipinski definition) is 5. The number of anilines is 1. The molecular weight excluding hydrogens is 294 g/mol. The average molecular weight is 315 g/mol. The van der Waals surface area contributed by atoms with Crippen molar-refractivity contribution in [2.45, 2.75) is 13.0 Å². The largest absolute Gasteiger partial charge is 0.497 e. The zero-order valence-corrected chi connectivity index (χ0v) is 13.3.